The minimum absolute atomic E-state index is 0.0873. The fourth-order valence-electron chi connectivity index (χ4n) is 1.71. The van der Waals surface area contributed by atoms with E-state index in [1.54, 1.807) is 0 Å². The van der Waals surface area contributed by atoms with E-state index in [2.05, 4.69) is 39.9 Å². The summed E-state index contributed by atoms with van der Waals surface area (Å²) in [5.74, 6) is 0.553. The molecule has 0 radical (unpaired) electrons. The van der Waals surface area contributed by atoms with E-state index in [0.29, 0.717) is 12.5 Å². The van der Waals surface area contributed by atoms with Gasteiger partial charge in [0, 0.05) is 17.9 Å². The maximum absolute atomic E-state index is 11.9. The van der Waals surface area contributed by atoms with E-state index in [1.807, 2.05) is 17.7 Å². The summed E-state index contributed by atoms with van der Waals surface area (Å²) in [6, 6.07) is 0.223. The smallest absolute Gasteiger partial charge is 0.240 e. The molecular weight excluding hydrogens is 212 g/mol. The zero-order chi connectivity index (χ0) is 13.2. The molecule has 0 fully saturated rings. The number of aromatic nitrogens is 1. The molecule has 0 saturated carbocycles. The molecule has 0 aromatic carbocycles. The number of carbonyl (C=O) groups excluding carboxylic acids is 1. The molecule has 1 amide bonds. The number of amides is 1. The summed E-state index contributed by atoms with van der Waals surface area (Å²) in [6.07, 6.45) is 2.05. The van der Waals surface area contributed by atoms with Crippen LogP contribution in [0.1, 0.15) is 37.6 Å². The van der Waals surface area contributed by atoms with Crippen molar-refractivity contribution in [1.82, 2.24) is 9.88 Å². The SMILES string of the molecule is Cc1cn(CC(=O)NC(C)C(C)C)c(C)c1C. The molecule has 0 bridgehead atoms. The maximum Gasteiger partial charge on any atom is 0.240 e. The van der Waals surface area contributed by atoms with Gasteiger partial charge in [0.15, 0.2) is 0 Å². The van der Waals surface area contributed by atoms with E-state index in [0.717, 1.165) is 0 Å². The number of carbonyl (C=O) groups is 1. The lowest BCUT2D eigenvalue weighted by Crippen LogP contribution is -2.38. The van der Waals surface area contributed by atoms with Crippen molar-refractivity contribution in [3.8, 4) is 0 Å². The second-order valence-electron chi connectivity index (χ2n) is 5.25. The Kier molecular flexibility index (Phi) is 4.38. The number of hydrogen-bond donors (Lipinski definition) is 1. The molecule has 0 aliphatic heterocycles. The van der Waals surface area contributed by atoms with Crippen molar-refractivity contribution < 1.29 is 4.79 Å². The number of nitrogens with one attached hydrogen (secondary N) is 1. The van der Waals surface area contributed by atoms with Crippen molar-refractivity contribution in [1.29, 1.82) is 0 Å². The number of aryl methyl sites for hydroxylation is 1. The van der Waals surface area contributed by atoms with E-state index in [9.17, 15) is 4.79 Å². The first-order valence-electron chi connectivity index (χ1n) is 6.25. The zero-order valence-corrected chi connectivity index (χ0v) is 11.8. The molecule has 17 heavy (non-hydrogen) atoms. The Morgan fingerprint density at radius 1 is 1.29 bits per heavy atom. The van der Waals surface area contributed by atoms with Crippen molar-refractivity contribution in [2.45, 2.75) is 54.1 Å². The third kappa shape index (κ3) is 3.35. The predicted molar refractivity (Wildman–Crippen MR) is 71.1 cm³/mol. The Morgan fingerprint density at radius 3 is 2.29 bits per heavy atom. The van der Waals surface area contributed by atoms with Crippen LogP contribution in [-0.2, 0) is 11.3 Å². The van der Waals surface area contributed by atoms with Crippen LogP contribution in [-0.4, -0.2) is 16.5 Å². The van der Waals surface area contributed by atoms with Crippen LogP contribution in [0.5, 0.6) is 0 Å². The summed E-state index contributed by atoms with van der Waals surface area (Å²) in [5, 5.41) is 3.02. The molecule has 1 rings (SSSR count). The Labute approximate surface area is 104 Å². The average Bonchev–Trinajstić information content (AvgIpc) is 2.46. The fraction of sp³-hybridized carbons (Fsp3) is 0.643. The molecule has 1 aromatic rings. The first-order valence-corrected chi connectivity index (χ1v) is 6.25. The van der Waals surface area contributed by atoms with E-state index in [1.165, 1.54) is 16.8 Å². The molecule has 1 atom stereocenters. The van der Waals surface area contributed by atoms with E-state index in [-0.39, 0.29) is 11.9 Å². The van der Waals surface area contributed by atoms with Gasteiger partial charge in [-0.2, -0.15) is 0 Å². The highest BCUT2D eigenvalue weighted by Crippen LogP contribution is 2.14. The topological polar surface area (TPSA) is 34.0 Å². The summed E-state index contributed by atoms with van der Waals surface area (Å²) in [7, 11) is 0. The lowest BCUT2D eigenvalue weighted by atomic mass is 10.1. The van der Waals surface area contributed by atoms with Crippen LogP contribution in [0.3, 0.4) is 0 Å². The van der Waals surface area contributed by atoms with Gasteiger partial charge in [0.2, 0.25) is 5.91 Å². The molecule has 0 aliphatic rings. The molecule has 96 valence electrons. The van der Waals surface area contributed by atoms with Crippen LogP contribution in [0.15, 0.2) is 6.20 Å². The van der Waals surface area contributed by atoms with Crippen LogP contribution in [0, 0.1) is 26.7 Å². The fourth-order valence-corrected chi connectivity index (χ4v) is 1.71. The minimum Gasteiger partial charge on any atom is -0.352 e. The summed E-state index contributed by atoms with van der Waals surface area (Å²) in [5.41, 5.74) is 3.69. The average molecular weight is 236 g/mol. The largest absolute Gasteiger partial charge is 0.352 e. The molecule has 3 nitrogen and oxygen atoms in total. The molecule has 0 aliphatic carbocycles. The van der Waals surface area contributed by atoms with Gasteiger partial charge in [-0.05, 0) is 44.7 Å². The van der Waals surface area contributed by atoms with E-state index >= 15 is 0 Å². The second kappa shape index (κ2) is 5.39. The summed E-state index contributed by atoms with van der Waals surface area (Å²) >= 11 is 0. The van der Waals surface area contributed by atoms with Gasteiger partial charge in [-0.3, -0.25) is 4.79 Å². The molecular formula is C14H24N2O. The molecule has 0 saturated heterocycles. The van der Waals surface area contributed by atoms with Gasteiger partial charge in [-0.1, -0.05) is 13.8 Å². The third-order valence-corrected chi connectivity index (χ3v) is 3.62. The third-order valence-electron chi connectivity index (χ3n) is 3.62. The van der Waals surface area contributed by atoms with Gasteiger partial charge >= 0.3 is 0 Å². The van der Waals surface area contributed by atoms with Crippen molar-refractivity contribution in [3.63, 3.8) is 0 Å². The Bertz CT molecular complexity index is 405. The Morgan fingerprint density at radius 2 is 1.88 bits per heavy atom. The Balaban J connectivity index is 2.65. The zero-order valence-electron chi connectivity index (χ0n) is 11.8. The lowest BCUT2D eigenvalue weighted by Gasteiger charge is -2.18. The normalized spacial score (nSPS) is 12.9. The van der Waals surface area contributed by atoms with Gasteiger partial charge in [-0.15, -0.1) is 0 Å². The highest BCUT2D eigenvalue weighted by Gasteiger charge is 2.13. The molecule has 1 aromatic heterocycles. The highest BCUT2D eigenvalue weighted by atomic mass is 16.2. The monoisotopic (exact) mass is 236 g/mol. The van der Waals surface area contributed by atoms with Gasteiger partial charge in [-0.25, -0.2) is 0 Å². The lowest BCUT2D eigenvalue weighted by molar-refractivity contribution is -0.122. The minimum atomic E-state index is 0.0873. The van der Waals surface area contributed by atoms with Crippen LogP contribution in [0.4, 0.5) is 0 Å². The van der Waals surface area contributed by atoms with Gasteiger partial charge in [0.05, 0.1) is 0 Å². The summed E-state index contributed by atoms with van der Waals surface area (Å²) in [4.78, 5) is 11.9. The van der Waals surface area contributed by atoms with Crippen molar-refractivity contribution in [3.05, 3.63) is 23.0 Å². The van der Waals surface area contributed by atoms with Gasteiger partial charge in [0.25, 0.3) is 0 Å². The quantitative estimate of drug-likeness (QED) is 0.856. The Hall–Kier alpha value is -1.25. The van der Waals surface area contributed by atoms with E-state index < -0.39 is 0 Å². The van der Waals surface area contributed by atoms with Gasteiger partial charge in [0.1, 0.15) is 6.54 Å². The standard InChI is InChI=1S/C14H24N2O/c1-9(2)12(5)15-14(17)8-16-7-10(3)11(4)13(16)6/h7,9,12H,8H2,1-6H3,(H,15,17). The van der Waals surface area contributed by atoms with Crippen LogP contribution < -0.4 is 5.32 Å². The van der Waals surface area contributed by atoms with Crippen molar-refractivity contribution in [2.24, 2.45) is 5.92 Å². The molecule has 3 heteroatoms. The summed E-state index contributed by atoms with van der Waals surface area (Å²) in [6.45, 7) is 12.9. The van der Waals surface area contributed by atoms with Crippen LogP contribution >= 0.6 is 0 Å². The molecule has 0 spiro atoms. The van der Waals surface area contributed by atoms with Gasteiger partial charge < -0.3 is 9.88 Å². The molecule has 1 unspecified atom stereocenters. The van der Waals surface area contributed by atoms with E-state index in [4.69, 9.17) is 0 Å². The highest BCUT2D eigenvalue weighted by molar-refractivity contribution is 5.76. The predicted octanol–water partition coefficient (Wildman–Crippen LogP) is 2.57. The first-order chi connectivity index (χ1) is 7.82. The molecule has 1 heterocycles. The first kappa shape index (κ1) is 13.8. The summed E-state index contributed by atoms with van der Waals surface area (Å²) < 4.78 is 2.02. The number of nitrogens with zero attached hydrogens (tertiary/aromatic N) is 1. The van der Waals surface area contributed by atoms with Crippen molar-refractivity contribution >= 4 is 5.91 Å². The van der Waals surface area contributed by atoms with Crippen LogP contribution in [0.2, 0.25) is 0 Å². The van der Waals surface area contributed by atoms with Crippen LogP contribution in [0.25, 0.3) is 0 Å². The number of hydrogen-bond acceptors (Lipinski definition) is 1. The second-order valence-corrected chi connectivity index (χ2v) is 5.25. The molecule has 1 N–H and O–H groups in total. The maximum atomic E-state index is 11.9. The number of rotatable bonds is 4. The van der Waals surface area contributed by atoms with Crippen molar-refractivity contribution in [2.75, 3.05) is 0 Å².